The minimum atomic E-state index is -3.72. The molecule has 0 amide bonds. The summed E-state index contributed by atoms with van der Waals surface area (Å²) in [5, 5.41) is 18.0. The first kappa shape index (κ1) is 15.9. The highest BCUT2D eigenvalue weighted by molar-refractivity contribution is 7.93. The second-order valence-corrected chi connectivity index (χ2v) is 7.15. The molecule has 8 heteroatoms. The maximum Gasteiger partial charge on any atom is 0.263 e. The van der Waals surface area contributed by atoms with Gasteiger partial charge < -0.3 is 5.11 Å². The third kappa shape index (κ3) is 3.58. The zero-order valence-corrected chi connectivity index (χ0v) is 13.5. The lowest BCUT2D eigenvalue weighted by Gasteiger charge is -2.09. The van der Waals surface area contributed by atoms with Crippen molar-refractivity contribution in [1.29, 1.82) is 0 Å². The fourth-order valence-corrected chi connectivity index (χ4v) is 3.83. The molecule has 0 atom stereocenters. The molecule has 0 saturated heterocycles. The van der Waals surface area contributed by atoms with Crippen molar-refractivity contribution in [1.82, 2.24) is 10.2 Å². The molecule has 0 unspecified atom stereocenters. The highest BCUT2D eigenvalue weighted by Gasteiger charge is 2.18. The van der Waals surface area contributed by atoms with E-state index in [0.29, 0.717) is 12.0 Å². The zero-order valence-electron chi connectivity index (χ0n) is 11.8. The Labute approximate surface area is 127 Å². The number of sulfonamides is 1. The SMILES string of the molecule is CCc1nnc(NS(=O)(=O)c2ccc(CC)c(CO)c2)s1. The van der Waals surface area contributed by atoms with Crippen molar-refractivity contribution in [3.63, 3.8) is 0 Å². The first-order chi connectivity index (χ1) is 10.00. The van der Waals surface area contributed by atoms with E-state index in [1.165, 1.54) is 23.5 Å². The van der Waals surface area contributed by atoms with E-state index in [4.69, 9.17) is 0 Å². The van der Waals surface area contributed by atoms with Gasteiger partial charge in [-0.25, -0.2) is 8.42 Å². The van der Waals surface area contributed by atoms with E-state index in [1.54, 1.807) is 6.07 Å². The lowest BCUT2D eigenvalue weighted by atomic mass is 10.1. The van der Waals surface area contributed by atoms with E-state index < -0.39 is 10.0 Å². The van der Waals surface area contributed by atoms with E-state index in [-0.39, 0.29) is 16.6 Å². The molecule has 0 aliphatic rings. The average molecular weight is 327 g/mol. The largest absolute Gasteiger partial charge is 0.392 e. The minimum Gasteiger partial charge on any atom is -0.392 e. The van der Waals surface area contributed by atoms with Gasteiger partial charge in [-0.2, -0.15) is 0 Å². The molecule has 2 aromatic rings. The molecule has 1 aromatic carbocycles. The Hall–Kier alpha value is -1.51. The van der Waals surface area contributed by atoms with E-state index in [9.17, 15) is 13.5 Å². The maximum atomic E-state index is 12.3. The molecule has 1 heterocycles. The Kier molecular flexibility index (Phi) is 4.92. The number of benzene rings is 1. The number of rotatable bonds is 6. The molecular formula is C13H17N3O3S2. The Bertz CT molecular complexity index is 726. The summed E-state index contributed by atoms with van der Waals surface area (Å²) in [6.07, 6.45) is 1.44. The number of hydrogen-bond acceptors (Lipinski definition) is 6. The fraction of sp³-hybridized carbons (Fsp3) is 0.385. The number of aryl methyl sites for hydroxylation is 2. The standard InChI is InChI=1S/C13H17N3O3S2/c1-3-9-5-6-11(7-10(9)8-17)21(18,19)16-13-15-14-12(4-2)20-13/h5-7,17H,3-4,8H2,1-2H3,(H,15,16). The molecule has 0 radical (unpaired) electrons. The zero-order chi connectivity index (χ0) is 15.5. The second-order valence-electron chi connectivity index (χ2n) is 4.40. The van der Waals surface area contributed by atoms with Gasteiger partial charge in [0.15, 0.2) is 0 Å². The van der Waals surface area contributed by atoms with E-state index in [0.717, 1.165) is 17.0 Å². The van der Waals surface area contributed by atoms with Crippen molar-refractivity contribution in [3.05, 3.63) is 34.3 Å². The van der Waals surface area contributed by atoms with Crippen LogP contribution >= 0.6 is 11.3 Å². The maximum absolute atomic E-state index is 12.3. The van der Waals surface area contributed by atoms with Crippen molar-refractivity contribution in [2.75, 3.05) is 4.72 Å². The number of aliphatic hydroxyl groups excluding tert-OH is 1. The van der Waals surface area contributed by atoms with Gasteiger partial charge in [0, 0.05) is 0 Å². The summed E-state index contributed by atoms with van der Waals surface area (Å²) in [4.78, 5) is 0.108. The van der Waals surface area contributed by atoms with Crippen LogP contribution in [0.15, 0.2) is 23.1 Å². The molecule has 2 rings (SSSR count). The van der Waals surface area contributed by atoms with Crippen LogP contribution in [0.2, 0.25) is 0 Å². The number of aromatic nitrogens is 2. The van der Waals surface area contributed by atoms with Crippen molar-refractivity contribution in [2.45, 2.75) is 38.2 Å². The van der Waals surface area contributed by atoms with Gasteiger partial charge >= 0.3 is 0 Å². The summed E-state index contributed by atoms with van der Waals surface area (Å²) < 4.78 is 27.0. The summed E-state index contributed by atoms with van der Waals surface area (Å²) >= 11 is 1.21. The van der Waals surface area contributed by atoms with Gasteiger partial charge in [0.2, 0.25) is 5.13 Å². The van der Waals surface area contributed by atoms with Crippen molar-refractivity contribution in [3.8, 4) is 0 Å². The molecule has 21 heavy (non-hydrogen) atoms. The van der Waals surface area contributed by atoms with Crippen molar-refractivity contribution in [2.24, 2.45) is 0 Å². The van der Waals surface area contributed by atoms with Gasteiger partial charge in [-0.15, -0.1) is 10.2 Å². The van der Waals surface area contributed by atoms with Crippen LogP contribution in [0.5, 0.6) is 0 Å². The normalized spacial score (nSPS) is 11.6. The predicted octanol–water partition coefficient (Wildman–Crippen LogP) is 1.96. The van der Waals surface area contributed by atoms with Crippen LogP contribution < -0.4 is 4.72 Å². The van der Waals surface area contributed by atoms with Crippen LogP contribution in [0, 0.1) is 0 Å². The monoisotopic (exact) mass is 327 g/mol. The molecule has 0 aliphatic carbocycles. The van der Waals surface area contributed by atoms with Gasteiger partial charge in [-0.3, -0.25) is 4.72 Å². The number of nitrogens with zero attached hydrogens (tertiary/aromatic N) is 2. The quantitative estimate of drug-likeness (QED) is 0.846. The highest BCUT2D eigenvalue weighted by Crippen LogP contribution is 2.22. The summed E-state index contributed by atoms with van der Waals surface area (Å²) in [6.45, 7) is 3.69. The summed E-state index contributed by atoms with van der Waals surface area (Å²) in [6, 6.07) is 4.74. The van der Waals surface area contributed by atoms with Gasteiger partial charge in [0.25, 0.3) is 10.0 Å². The van der Waals surface area contributed by atoms with Gasteiger partial charge in [-0.05, 0) is 36.1 Å². The predicted molar refractivity (Wildman–Crippen MR) is 81.8 cm³/mol. The Morgan fingerprint density at radius 1 is 1.19 bits per heavy atom. The fourth-order valence-electron chi connectivity index (χ4n) is 1.87. The first-order valence-corrected chi connectivity index (χ1v) is 8.88. The molecule has 0 fully saturated rings. The minimum absolute atomic E-state index is 0.108. The molecule has 2 N–H and O–H groups in total. The van der Waals surface area contributed by atoms with Crippen LogP contribution in [0.4, 0.5) is 5.13 Å². The number of hydrogen-bond donors (Lipinski definition) is 2. The molecule has 0 spiro atoms. The smallest absolute Gasteiger partial charge is 0.263 e. The Balaban J connectivity index is 2.30. The van der Waals surface area contributed by atoms with Crippen LogP contribution in [-0.2, 0) is 29.5 Å². The van der Waals surface area contributed by atoms with Crippen LogP contribution in [0.3, 0.4) is 0 Å². The Morgan fingerprint density at radius 2 is 1.95 bits per heavy atom. The van der Waals surface area contributed by atoms with Crippen LogP contribution in [-0.4, -0.2) is 23.7 Å². The Morgan fingerprint density at radius 3 is 2.52 bits per heavy atom. The second kappa shape index (κ2) is 6.50. The van der Waals surface area contributed by atoms with E-state index >= 15 is 0 Å². The molecule has 6 nitrogen and oxygen atoms in total. The van der Waals surface area contributed by atoms with Crippen LogP contribution in [0.1, 0.15) is 30.0 Å². The highest BCUT2D eigenvalue weighted by atomic mass is 32.2. The van der Waals surface area contributed by atoms with Crippen molar-refractivity contribution >= 4 is 26.5 Å². The van der Waals surface area contributed by atoms with Gasteiger partial charge in [0.1, 0.15) is 5.01 Å². The summed E-state index contributed by atoms with van der Waals surface area (Å²) in [5.74, 6) is 0. The number of anilines is 1. The molecule has 0 aliphatic heterocycles. The molecule has 1 aromatic heterocycles. The van der Waals surface area contributed by atoms with Gasteiger partial charge in [-0.1, -0.05) is 31.3 Å². The third-order valence-corrected chi connectivity index (χ3v) is 5.48. The van der Waals surface area contributed by atoms with E-state index in [2.05, 4.69) is 14.9 Å². The average Bonchev–Trinajstić information content (AvgIpc) is 2.93. The number of aliphatic hydroxyl groups is 1. The molecule has 0 bridgehead atoms. The molecule has 114 valence electrons. The first-order valence-electron chi connectivity index (χ1n) is 6.58. The lowest BCUT2D eigenvalue weighted by molar-refractivity contribution is 0.280. The molecular weight excluding hydrogens is 310 g/mol. The topological polar surface area (TPSA) is 92.2 Å². The lowest BCUT2D eigenvalue weighted by Crippen LogP contribution is -2.13. The third-order valence-electron chi connectivity index (χ3n) is 3.03. The molecule has 0 saturated carbocycles. The number of nitrogens with one attached hydrogen (secondary N) is 1. The van der Waals surface area contributed by atoms with E-state index in [1.807, 2.05) is 13.8 Å². The summed E-state index contributed by atoms with van der Waals surface area (Å²) in [7, 11) is -3.72. The summed E-state index contributed by atoms with van der Waals surface area (Å²) in [5.41, 5.74) is 1.55. The van der Waals surface area contributed by atoms with Crippen molar-refractivity contribution < 1.29 is 13.5 Å². The van der Waals surface area contributed by atoms with Gasteiger partial charge in [0.05, 0.1) is 11.5 Å². The van der Waals surface area contributed by atoms with Crippen LogP contribution in [0.25, 0.3) is 0 Å².